The molecule has 4 fully saturated rings. The van der Waals surface area contributed by atoms with Crippen LogP contribution in [0.4, 0.5) is 10.2 Å². The predicted molar refractivity (Wildman–Crippen MR) is 168 cm³/mol. The van der Waals surface area contributed by atoms with Crippen LogP contribution in [0.3, 0.4) is 0 Å². The molecule has 7 bridgehead atoms. The first kappa shape index (κ1) is 28.1. The van der Waals surface area contributed by atoms with Crippen molar-refractivity contribution >= 4 is 39.2 Å². The van der Waals surface area contributed by atoms with E-state index >= 15 is 4.39 Å². The van der Waals surface area contributed by atoms with E-state index in [2.05, 4.69) is 27.0 Å². The number of likely N-dealkylation sites (N-methyl/N-ethyl adjacent to an activating group) is 1. The minimum absolute atomic E-state index is 0.0418. The number of halogens is 2. The molecule has 7 aliphatic rings. The van der Waals surface area contributed by atoms with Crippen LogP contribution < -0.4 is 9.64 Å². The van der Waals surface area contributed by atoms with Gasteiger partial charge in [0.2, 0.25) is 0 Å². The van der Waals surface area contributed by atoms with E-state index in [0.717, 1.165) is 56.1 Å². The summed E-state index contributed by atoms with van der Waals surface area (Å²) in [4.78, 5) is 18.9. The van der Waals surface area contributed by atoms with Gasteiger partial charge in [-0.2, -0.15) is 15.1 Å². The van der Waals surface area contributed by atoms with Gasteiger partial charge in [0.25, 0.3) is 0 Å². The van der Waals surface area contributed by atoms with E-state index in [1.54, 1.807) is 12.4 Å². The van der Waals surface area contributed by atoms with E-state index in [9.17, 15) is 5.11 Å². The van der Waals surface area contributed by atoms with Gasteiger partial charge in [0.15, 0.2) is 5.82 Å². The van der Waals surface area contributed by atoms with Crippen LogP contribution in [0.15, 0.2) is 18.5 Å². The summed E-state index contributed by atoms with van der Waals surface area (Å²) in [6.07, 6.45) is 9.78. The molecule has 236 valence electrons. The molecule has 10 nitrogen and oxygen atoms in total. The van der Waals surface area contributed by atoms with Crippen molar-refractivity contribution in [1.29, 1.82) is 0 Å². The molecule has 0 amide bonds. The maximum Gasteiger partial charge on any atom is 0.319 e. The quantitative estimate of drug-likeness (QED) is 0.319. The second kappa shape index (κ2) is 10.2. The lowest BCUT2D eigenvalue weighted by Gasteiger charge is -2.57. The zero-order chi connectivity index (χ0) is 30.5. The number of likely N-dealkylation sites (tertiary alicyclic amines) is 1. The maximum absolute atomic E-state index is 17.1. The molecule has 4 aromatic rings. The van der Waals surface area contributed by atoms with Crippen molar-refractivity contribution in [2.45, 2.75) is 62.5 Å². The highest BCUT2D eigenvalue weighted by Crippen LogP contribution is 2.57. The summed E-state index contributed by atoms with van der Waals surface area (Å²) >= 11 is 6.94. The SMILES string of the molecule is CN1CCC[C@H]1COc1nc2c3cnc(c(F)c3n1)-c1c(c(Cl)cc3[nH]ncc13)[C@@H]1C[C@@H]1COCC1(O)CC3(CCCN2C3)C1. The van der Waals surface area contributed by atoms with Crippen molar-refractivity contribution in [2.24, 2.45) is 11.3 Å². The van der Waals surface area contributed by atoms with Crippen molar-refractivity contribution in [2.75, 3.05) is 51.4 Å². The van der Waals surface area contributed by atoms with Crippen LogP contribution in [-0.2, 0) is 4.74 Å². The van der Waals surface area contributed by atoms with Crippen LogP contribution >= 0.6 is 11.6 Å². The van der Waals surface area contributed by atoms with Gasteiger partial charge in [-0.1, -0.05) is 11.6 Å². The fourth-order valence-electron chi connectivity index (χ4n) is 8.86. The van der Waals surface area contributed by atoms with Gasteiger partial charge < -0.3 is 24.4 Å². The first-order valence-electron chi connectivity index (χ1n) is 16.2. The number of aromatic amines is 1. The molecule has 1 spiro atoms. The number of ether oxygens (including phenoxy) is 2. The van der Waals surface area contributed by atoms with Crippen LogP contribution in [0.5, 0.6) is 6.01 Å². The highest BCUT2D eigenvalue weighted by atomic mass is 35.5. The molecule has 1 aromatic carbocycles. The Bertz CT molecular complexity index is 1830. The van der Waals surface area contributed by atoms with Gasteiger partial charge in [0.05, 0.1) is 35.9 Å². The lowest BCUT2D eigenvalue weighted by Crippen LogP contribution is -2.60. The average molecular weight is 634 g/mol. The second-order valence-electron chi connectivity index (χ2n) is 14.3. The molecule has 2 aliphatic carbocycles. The average Bonchev–Trinajstić information content (AvgIpc) is 3.38. The minimum Gasteiger partial charge on any atom is -0.462 e. The third-order valence-corrected chi connectivity index (χ3v) is 11.4. The van der Waals surface area contributed by atoms with Gasteiger partial charge in [0, 0.05) is 41.3 Å². The molecule has 8 heterocycles. The van der Waals surface area contributed by atoms with Crippen LogP contribution in [0, 0.1) is 17.2 Å². The van der Waals surface area contributed by atoms with E-state index in [1.807, 2.05) is 6.07 Å². The lowest BCUT2D eigenvalue weighted by atomic mass is 9.56. The van der Waals surface area contributed by atoms with Gasteiger partial charge in [-0.05, 0) is 87.4 Å². The molecule has 0 radical (unpaired) electrons. The van der Waals surface area contributed by atoms with E-state index in [-0.39, 0.29) is 40.5 Å². The highest BCUT2D eigenvalue weighted by molar-refractivity contribution is 6.33. The highest BCUT2D eigenvalue weighted by Gasteiger charge is 2.55. The Morgan fingerprint density at radius 3 is 2.93 bits per heavy atom. The number of nitrogens with one attached hydrogen (secondary N) is 1. The number of anilines is 1. The van der Waals surface area contributed by atoms with E-state index in [0.29, 0.717) is 66.5 Å². The van der Waals surface area contributed by atoms with Crippen molar-refractivity contribution in [3.05, 3.63) is 34.9 Å². The van der Waals surface area contributed by atoms with Crippen LogP contribution in [-0.4, -0.2) is 93.3 Å². The van der Waals surface area contributed by atoms with Gasteiger partial charge in [-0.15, -0.1) is 0 Å². The monoisotopic (exact) mass is 633 g/mol. The Morgan fingerprint density at radius 2 is 2.09 bits per heavy atom. The number of rotatable bonds is 3. The Kier molecular flexibility index (Phi) is 6.37. The Labute approximate surface area is 265 Å². The predicted octanol–water partition coefficient (Wildman–Crippen LogP) is 5.08. The normalized spacial score (nSPS) is 31.2. The van der Waals surface area contributed by atoms with Crippen molar-refractivity contribution in [1.82, 2.24) is 30.0 Å². The number of pyridine rings is 1. The second-order valence-corrected chi connectivity index (χ2v) is 14.7. The summed E-state index contributed by atoms with van der Waals surface area (Å²) < 4.78 is 29.5. The largest absolute Gasteiger partial charge is 0.462 e. The van der Waals surface area contributed by atoms with E-state index < -0.39 is 11.4 Å². The van der Waals surface area contributed by atoms with Gasteiger partial charge >= 0.3 is 6.01 Å². The van der Waals surface area contributed by atoms with Gasteiger partial charge in [-0.3, -0.25) is 10.1 Å². The zero-order valence-corrected chi connectivity index (χ0v) is 26.1. The summed E-state index contributed by atoms with van der Waals surface area (Å²) in [5, 5.41) is 20.5. The van der Waals surface area contributed by atoms with Crippen LogP contribution in [0.1, 0.15) is 56.4 Å². The Balaban J connectivity index is 1.23. The number of benzene rings is 1. The van der Waals surface area contributed by atoms with E-state index in [1.165, 1.54) is 0 Å². The molecule has 2 saturated heterocycles. The van der Waals surface area contributed by atoms with Crippen LogP contribution in [0.25, 0.3) is 33.1 Å². The van der Waals surface area contributed by atoms with Crippen LogP contribution in [0.2, 0.25) is 5.02 Å². The molecule has 3 aromatic heterocycles. The number of hydrogen-bond acceptors (Lipinski definition) is 9. The molecule has 2 N–H and O–H groups in total. The number of nitrogens with zero attached hydrogens (tertiary/aromatic N) is 6. The zero-order valence-electron chi connectivity index (χ0n) is 25.4. The number of piperidine rings is 1. The molecule has 45 heavy (non-hydrogen) atoms. The summed E-state index contributed by atoms with van der Waals surface area (Å²) in [6.45, 7) is 3.79. The minimum atomic E-state index is -0.836. The molecule has 5 aliphatic heterocycles. The summed E-state index contributed by atoms with van der Waals surface area (Å²) in [5.74, 6) is 0.406. The summed E-state index contributed by atoms with van der Waals surface area (Å²) in [6, 6.07) is 2.30. The molecule has 12 heteroatoms. The third-order valence-electron chi connectivity index (χ3n) is 11.1. The number of H-pyrrole nitrogens is 1. The topological polar surface area (TPSA) is 113 Å². The molecule has 11 rings (SSSR count). The van der Waals surface area contributed by atoms with Gasteiger partial charge in [0.1, 0.15) is 23.6 Å². The first-order valence-corrected chi connectivity index (χ1v) is 16.6. The van der Waals surface area contributed by atoms with E-state index in [4.69, 9.17) is 36.0 Å². The number of aromatic nitrogens is 5. The number of fused-ring (bicyclic) bond motifs is 1. The van der Waals surface area contributed by atoms with Crippen molar-refractivity contribution in [3.8, 4) is 17.3 Å². The third kappa shape index (κ3) is 4.60. The molecular formula is C33H37ClFN7O3. The summed E-state index contributed by atoms with van der Waals surface area (Å²) in [5.41, 5.74) is 1.71. The number of hydrogen-bond donors (Lipinski definition) is 2. The fourth-order valence-corrected chi connectivity index (χ4v) is 9.21. The number of aliphatic hydroxyl groups is 1. The maximum atomic E-state index is 17.1. The standard InChI is InChI=1S/C33H37ClFN7O3/c1-41-6-2-4-19(41)13-45-31-38-28-22-10-36-29(27(28)35)26-21-11-37-40-24(21)9-23(34)25(26)20-8-18(20)12-44-17-33(43)14-32(15-33)5-3-7-42(16-32)30(22)39-31/h9-11,18-20,43H,2-8,12-17H2,1H3,(H,37,40)/t18-,19+,20-,32?,33?/m1/s1. The van der Waals surface area contributed by atoms with Gasteiger partial charge in [-0.25, -0.2) is 4.39 Å². The molecule has 0 unspecified atom stereocenters. The molecule has 3 atom stereocenters. The smallest absolute Gasteiger partial charge is 0.319 e. The van der Waals surface area contributed by atoms with Crippen molar-refractivity contribution < 1.29 is 19.0 Å². The Hall–Kier alpha value is -3.12. The molecule has 2 saturated carbocycles. The first-order chi connectivity index (χ1) is 21.8. The van der Waals surface area contributed by atoms with Crippen molar-refractivity contribution in [3.63, 3.8) is 0 Å². The fraction of sp³-hybridized carbons (Fsp3) is 0.576. The summed E-state index contributed by atoms with van der Waals surface area (Å²) in [7, 11) is 2.10. The Morgan fingerprint density at radius 1 is 1.20 bits per heavy atom. The lowest BCUT2D eigenvalue weighted by molar-refractivity contribution is -0.168. The molecular weight excluding hydrogens is 597 g/mol.